The third kappa shape index (κ3) is 2.53. The highest BCUT2D eigenvalue weighted by Crippen LogP contribution is 2.36. The number of nitrogens with two attached hydrogens (primary N) is 1. The van der Waals surface area contributed by atoms with Crippen molar-refractivity contribution in [2.45, 2.75) is 30.8 Å². The van der Waals surface area contributed by atoms with Crippen LogP contribution in [-0.2, 0) is 4.79 Å². The summed E-state index contributed by atoms with van der Waals surface area (Å²) in [4.78, 5) is 15.1. The molecule has 0 aromatic carbocycles. The molecule has 0 saturated heterocycles. The molecule has 0 heterocycles. The summed E-state index contributed by atoms with van der Waals surface area (Å²) in [5.74, 6) is -0.835. The molecule has 16 heavy (non-hydrogen) atoms. The molecule has 0 amide bonds. The van der Waals surface area contributed by atoms with Gasteiger partial charge in [0.25, 0.3) is 0 Å². The zero-order valence-corrected chi connectivity index (χ0v) is 10.4. The maximum absolute atomic E-state index is 11.0. The molecule has 1 fully saturated rings. The van der Waals surface area contributed by atoms with Crippen molar-refractivity contribution in [3.05, 3.63) is 0 Å². The van der Waals surface area contributed by atoms with Crippen molar-refractivity contribution in [3.63, 3.8) is 0 Å². The number of carbonyl (C=O) groups is 1. The lowest BCUT2D eigenvalue weighted by atomic mass is 9.75. The van der Waals surface area contributed by atoms with Gasteiger partial charge in [-0.15, -0.1) is 0 Å². The first kappa shape index (κ1) is 13.4. The van der Waals surface area contributed by atoms with Crippen LogP contribution in [0.25, 0.3) is 0 Å². The zero-order chi connectivity index (χ0) is 12.3. The summed E-state index contributed by atoms with van der Waals surface area (Å²) in [6.07, 6.45) is 3.51. The zero-order valence-electron chi connectivity index (χ0n) is 10.4. The molecule has 5 heteroatoms. The Morgan fingerprint density at radius 3 is 2.25 bits per heavy atom. The number of rotatable bonds is 6. The van der Waals surface area contributed by atoms with Gasteiger partial charge in [0.1, 0.15) is 6.04 Å². The minimum Gasteiger partial charge on any atom is -0.480 e. The van der Waals surface area contributed by atoms with Crippen molar-refractivity contribution in [2.75, 3.05) is 34.2 Å². The first-order chi connectivity index (χ1) is 7.43. The molecule has 0 aliphatic heterocycles. The third-order valence-electron chi connectivity index (χ3n) is 3.82. The van der Waals surface area contributed by atoms with Crippen LogP contribution in [0.2, 0.25) is 0 Å². The first-order valence-corrected chi connectivity index (χ1v) is 5.73. The van der Waals surface area contributed by atoms with Crippen molar-refractivity contribution in [1.82, 2.24) is 9.80 Å². The highest BCUT2D eigenvalue weighted by Gasteiger charge is 2.41. The van der Waals surface area contributed by atoms with E-state index in [9.17, 15) is 4.79 Å². The lowest BCUT2D eigenvalue weighted by Gasteiger charge is -2.50. The van der Waals surface area contributed by atoms with E-state index in [4.69, 9.17) is 10.8 Å². The standard InChI is InChI=1S/C11H23N3O2/c1-13(2)11(5-4-6-11)8-14(3)9(7-12)10(15)16/h9H,4-8,12H2,1-3H3,(H,15,16). The number of carboxylic acid groups (broad SMARTS) is 1. The molecule has 0 spiro atoms. The largest absolute Gasteiger partial charge is 0.480 e. The van der Waals surface area contributed by atoms with E-state index in [-0.39, 0.29) is 12.1 Å². The molecule has 3 N–H and O–H groups in total. The van der Waals surface area contributed by atoms with Crippen molar-refractivity contribution in [2.24, 2.45) is 5.73 Å². The number of carboxylic acids is 1. The monoisotopic (exact) mass is 229 g/mol. The number of likely N-dealkylation sites (N-methyl/N-ethyl adjacent to an activating group) is 2. The maximum Gasteiger partial charge on any atom is 0.322 e. The number of hydrogen-bond donors (Lipinski definition) is 2. The van der Waals surface area contributed by atoms with Crippen LogP contribution in [-0.4, -0.2) is 66.7 Å². The van der Waals surface area contributed by atoms with E-state index in [1.165, 1.54) is 6.42 Å². The van der Waals surface area contributed by atoms with Gasteiger partial charge >= 0.3 is 5.97 Å². The van der Waals surface area contributed by atoms with Gasteiger partial charge < -0.3 is 15.7 Å². The van der Waals surface area contributed by atoms with Gasteiger partial charge in [-0.1, -0.05) is 0 Å². The van der Waals surface area contributed by atoms with E-state index in [1.54, 1.807) is 0 Å². The summed E-state index contributed by atoms with van der Waals surface area (Å²) < 4.78 is 0. The molecule has 1 aliphatic rings. The Hall–Kier alpha value is -0.650. The minimum atomic E-state index is -0.835. The molecule has 1 aliphatic carbocycles. The van der Waals surface area contributed by atoms with Crippen molar-refractivity contribution >= 4 is 5.97 Å². The summed E-state index contributed by atoms with van der Waals surface area (Å²) in [6.45, 7) is 0.934. The molecule has 0 bridgehead atoms. The molecular formula is C11H23N3O2. The predicted molar refractivity (Wildman–Crippen MR) is 63.4 cm³/mol. The summed E-state index contributed by atoms with van der Waals surface area (Å²) in [7, 11) is 5.96. The van der Waals surface area contributed by atoms with Gasteiger partial charge in [0.15, 0.2) is 0 Å². The average molecular weight is 229 g/mol. The third-order valence-corrected chi connectivity index (χ3v) is 3.82. The van der Waals surface area contributed by atoms with E-state index in [1.807, 2.05) is 11.9 Å². The quantitative estimate of drug-likeness (QED) is 0.661. The molecule has 5 nitrogen and oxygen atoms in total. The molecule has 1 unspecified atom stereocenters. The van der Waals surface area contributed by atoms with Crippen LogP contribution in [0.5, 0.6) is 0 Å². The SMILES string of the molecule is CN(CC1(N(C)C)CCC1)C(CN)C(=O)O. The number of aliphatic carboxylic acids is 1. The topological polar surface area (TPSA) is 69.8 Å². The van der Waals surface area contributed by atoms with Crippen LogP contribution in [0, 0.1) is 0 Å². The molecule has 1 rings (SSSR count). The van der Waals surface area contributed by atoms with Gasteiger partial charge in [0.05, 0.1) is 0 Å². The lowest BCUT2D eigenvalue weighted by molar-refractivity contribution is -0.143. The maximum atomic E-state index is 11.0. The van der Waals surface area contributed by atoms with Crippen molar-refractivity contribution in [3.8, 4) is 0 Å². The lowest BCUT2D eigenvalue weighted by Crippen LogP contribution is -2.59. The van der Waals surface area contributed by atoms with Crippen molar-refractivity contribution < 1.29 is 9.90 Å². The summed E-state index contributed by atoms with van der Waals surface area (Å²) in [5.41, 5.74) is 5.64. The average Bonchev–Trinajstić information content (AvgIpc) is 2.11. The Morgan fingerprint density at radius 2 is 2.00 bits per heavy atom. The Bertz CT molecular complexity index is 252. The van der Waals surface area contributed by atoms with Crippen molar-refractivity contribution in [1.29, 1.82) is 0 Å². The fourth-order valence-corrected chi connectivity index (χ4v) is 2.38. The molecular weight excluding hydrogens is 206 g/mol. The Morgan fingerprint density at radius 1 is 1.44 bits per heavy atom. The van der Waals surface area contributed by atoms with Crippen LogP contribution in [0.3, 0.4) is 0 Å². The second kappa shape index (κ2) is 5.12. The van der Waals surface area contributed by atoms with Gasteiger partial charge in [-0.2, -0.15) is 0 Å². The summed E-state index contributed by atoms with van der Waals surface area (Å²) >= 11 is 0. The molecule has 0 aromatic rings. The van der Waals surface area contributed by atoms with Crippen LogP contribution in [0.1, 0.15) is 19.3 Å². The molecule has 0 radical (unpaired) electrons. The number of nitrogens with zero attached hydrogens (tertiary/aromatic N) is 2. The van der Waals surface area contributed by atoms with E-state index in [0.717, 1.165) is 19.4 Å². The Balaban J connectivity index is 2.61. The normalized spacial score (nSPS) is 20.9. The molecule has 0 aromatic heterocycles. The fraction of sp³-hybridized carbons (Fsp3) is 0.909. The summed E-state index contributed by atoms with van der Waals surface area (Å²) in [6, 6.07) is -0.572. The second-order valence-electron chi connectivity index (χ2n) is 4.98. The highest BCUT2D eigenvalue weighted by atomic mass is 16.4. The van der Waals surface area contributed by atoms with Crippen LogP contribution in [0.15, 0.2) is 0 Å². The molecule has 1 atom stereocenters. The first-order valence-electron chi connectivity index (χ1n) is 5.73. The van der Waals surface area contributed by atoms with Gasteiger partial charge in [-0.05, 0) is 40.4 Å². The van der Waals surface area contributed by atoms with Gasteiger partial charge in [-0.3, -0.25) is 9.69 Å². The van der Waals surface area contributed by atoms with Crippen LogP contribution in [0.4, 0.5) is 0 Å². The van der Waals surface area contributed by atoms with E-state index in [0.29, 0.717) is 0 Å². The van der Waals surface area contributed by atoms with E-state index in [2.05, 4.69) is 19.0 Å². The molecule has 94 valence electrons. The Kier molecular flexibility index (Phi) is 4.29. The smallest absolute Gasteiger partial charge is 0.322 e. The highest BCUT2D eigenvalue weighted by molar-refractivity contribution is 5.73. The van der Waals surface area contributed by atoms with E-state index >= 15 is 0 Å². The minimum absolute atomic E-state index is 0.150. The van der Waals surface area contributed by atoms with Crippen LogP contribution < -0.4 is 5.73 Å². The van der Waals surface area contributed by atoms with Gasteiger partial charge in [0.2, 0.25) is 0 Å². The predicted octanol–water partition coefficient (Wildman–Crippen LogP) is -0.186. The van der Waals surface area contributed by atoms with Gasteiger partial charge in [-0.25, -0.2) is 0 Å². The van der Waals surface area contributed by atoms with Crippen LogP contribution >= 0.6 is 0 Å². The molecule has 1 saturated carbocycles. The van der Waals surface area contributed by atoms with Gasteiger partial charge in [0, 0.05) is 18.6 Å². The second-order valence-corrected chi connectivity index (χ2v) is 4.98. The Labute approximate surface area is 97.2 Å². The fourth-order valence-electron chi connectivity index (χ4n) is 2.38. The number of hydrogen-bond acceptors (Lipinski definition) is 4. The summed E-state index contributed by atoms with van der Waals surface area (Å²) in [5, 5.41) is 9.03. The van der Waals surface area contributed by atoms with E-state index < -0.39 is 12.0 Å².